The number of ketones is 1. The van der Waals surface area contributed by atoms with Crippen LogP contribution >= 0.6 is 11.8 Å². The lowest BCUT2D eigenvalue weighted by Crippen LogP contribution is -2.15. The van der Waals surface area contributed by atoms with Crippen LogP contribution in [-0.2, 0) is 17.9 Å². The Morgan fingerprint density at radius 1 is 1.11 bits per heavy atom. The molecule has 0 aliphatic heterocycles. The molecule has 6 nitrogen and oxygen atoms in total. The molecule has 1 amide bonds. The van der Waals surface area contributed by atoms with Gasteiger partial charge in [0.2, 0.25) is 5.91 Å². The van der Waals surface area contributed by atoms with Crippen LogP contribution in [0.25, 0.3) is 0 Å². The zero-order chi connectivity index (χ0) is 19.9. The molecular formula is C21H21N3O3S. The lowest BCUT2D eigenvalue weighted by atomic mass is 10.1. The summed E-state index contributed by atoms with van der Waals surface area (Å²) in [5.74, 6) is 0.00394. The monoisotopic (exact) mass is 395 g/mol. The number of hydrogen-bond acceptors (Lipinski definition) is 5. The Labute approximate surface area is 167 Å². The SMILES string of the molecule is CC(=O)c1ccc(NC(=O)CSc2ncc(CO)n2Cc2ccccc2)cc1. The molecule has 0 unspecified atom stereocenters. The van der Waals surface area contributed by atoms with Crippen LogP contribution in [0.15, 0.2) is 66.0 Å². The van der Waals surface area contributed by atoms with Crippen molar-refractivity contribution in [3.8, 4) is 0 Å². The van der Waals surface area contributed by atoms with Gasteiger partial charge >= 0.3 is 0 Å². The second-order valence-electron chi connectivity index (χ2n) is 6.23. The molecule has 0 radical (unpaired) electrons. The number of carbonyl (C=O) groups excluding carboxylic acids is 2. The van der Waals surface area contributed by atoms with Gasteiger partial charge in [0.25, 0.3) is 0 Å². The first-order valence-corrected chi connectivity index (χ1v) is 9.78. The van der Waals surface area contributed by atoms with Crippen molar-refractivity contribution in [3.05, 3.63) is 77.6 Å². The maximum Gasteiger partial charge on any atom is 0.234 e. The number of hydrogen-bond donors (Lipinski definition) is 2. The number of imidazole rings is 1. The van der Waals surface area contributed by atoms with Gasteiger partial charge in [0.05, 0.1) is 24.3 Å². The topological polar surface area (TPSA) is 84.2 Å². The molecule has 1 aromatic heterocycles. The Bertz CT molecular complexity index is 953. The molecule has 0 saturated carbocycles. The molecule has 2 aromatic carbocycles. The number of nitrogens with one attached hydrogen (secondary N) is 1. The number of thioether (sulfide) groups is 1. The molecule has 3 aromatic rings. The van der Waals surface area contributed by atoms with Crippen molar-refractivity contribution in [2.45, 2.75) is 25.2 Å². The van der Waals surface area contributed by atoms with Gasteiger partial charge in [-0.15, -0.1) is 0 Å². The molecular weight excluding hydrogens is 374 g/mol. The minimum Gasteiger partial charge on any atom is -0.390 e. The zero-order valence-electron chi connectivity index (χ0n) is 15.5. The highest BCUT2D eigenvalue weighted by atomic mass is 32.2. The first-order valence-electron chi connectivity index (χ1n) is 8.79. The van der Waals surface area contributed by atoms with Crippen molar-refractivity contribution in [2.75, 3.05) is 11.1 Å². The van der Waals surface area contributed by atoms with Gasteiger partial charge in [-0.05, 0) is 36.8 Å². The molecule has 2 N–H and O–H groups in total. The van der Waals surface area contributed by atoms with Crippen molar-refractivity contribution >= 4 is 29.1 Å². The van der Waals surface area contributed by atoms with Crippen LogP contribution in [0.3, 0.4) is 0 Å². The summed E-state index contributed by atoms with van der Waals surface area (Å²) in [5.41, 5.74) is 3.03. The number of rotatable bonds is 8. The molecule has 0 atom stereocenters. The first-order chi connectivity index (χ1) is 13.6. The fourth-order valence-electron chi connectivity index (χ4n) is 2.68. The lowest BCUT2D eigenvalue weighted by molar-refractivity contribution is -0.113. The van der Waals surface area contributed by atoms with Gasteiger partial charge in [0, 0.05) is 17.8 Å². The van der Waals surface area contributed by atoms with Crippen LogP contribution in [0, 0.1) is 0 Å². The average Bonchev–Trinajstić information content (AvgIpc) is 3.09. The quantitative estimate of drug-likeness (QED) is 0.451. The number of anilines is 1. The summed E-state index contributed by atoms with van der Waals surface area (Å²) in [6, 6.07) is 16.7. The van der Waals surface area contributed by atoms with Gasteiger partial charge in [0.15, 0.2) is 10.9 Å². The van der Waals surface area contributed by atoms with Gasteiger partial charge in [-0.1, -0.05) is 42.1 Å². The summed E-state index contributed by atoms with van der Waals surface area (Å²) in [6.07, 6.45) is 1.63. The van der Waals surface area contributed by atoms with E-state index in [1.165, 1.54) is 18.7 Å². The van der Waals surface area contributed by atoms with Crippen molar-refractivity contribution < 1.29 is 14.7 Å². The molecule has 144 valence electrons. The van der Waals surface area contributed by atoms with Crippen LogP contribution in [0.2, 0.25) is 0 Å². The largest absolute Gasteiger partial charge is 0.390 e. The summed E-state index contributed by atoms with van der Waals surface area (Å²) >= 11 is 1.31. The minimum absolute atomic E-state index is 0.0154. The summed E-state index contributed by atoms with van der Waals surface area (Å²) in [4.78, 5) is 27.9. The van der Waals surface area contributed by atoms with E-state index in [0.717, 1.165) is 5.56 Å². The highest BCUT2D eigenvalue weighted by Crippen LogP contribution is 2.21. The van der Waals surface area contributed by atoms with Crippen LogP contribution in [-0.4, -0.2) is 32.1 Å². The Morgan fingerprint density at radius 2 is 1.82 bits per heavy atom. The van der Waals surface area contributed by atoms with Crippen molar-refractivity contribution in [2.24, 2.45) is 0 Å². The number of amides is 1. The smallest absolute Gasteiger partial charge is 0.234 e. The Hall–Kier alpha value is -2.90. The number of benzene rings is 2. The van der Waals surface area contributed by atoms with Crippen molar-refractivity contribution in [3.63, 3.8) is 0 Å². The van der Waals surface area contributed by atoms with Crippen LogP contribution in [0.5, 0.6) is 0 Å². The van der Waals surface area contributed by atoms with E-state index in [1.54, 1.807) is 30.5 Å². The van der Waals surface area contributed by atoms with Gasteiger partial charge in [-0.2, -0.15) is 0 Å². The highest BCUT2D eigenvalue weighted by Gasteiger charge is 2.13. The molecule has 0 aliphatic rings. The third-order valence-corrected chi connectivity index (χ3v) is 5.15. The Morgan fingerprint density at radius 3 is 2.46 bits per heavy atom. The fraction of sp³-hybridized carbons (Fsp3) is 0.190. The van der Waals surface area contributed by atoms with Crippen LogP contribution in [0.4, 0.5) is 5.69 Å². The zero-order valence-corrected chi connectivity index (χ0v) is 16.3. The minimum atomic E-state index is -0.166. The molecule has 0 bridgehead atoms. The van der Waals surface area contributed by atoms with E-state index < -0.39 is 0 Å². The first kappa shape index (κ1) is 19.9. The summed E-state index contributed by atoms with van der Waals surface area (Å²) in [7, 11) is 0. The third kappa shape index (κ3) is 5.09. The highest BCUT2D eigenvalue weighted by molar-refractivity contribution is 7.99. The normalized spacial score (nSPS) is 10.6. The van der Waals surface area contributed by atoms with E-state index in [2.05, 4.69) is 10.3 Å². The maximum atomic E-state index is 12.3. The predicted octanol–water partition coefficient (Wildman–Crippen LogP) is 3.36. The van der Waals surface area contributed by atoms with Crippen molar-refractivity contribution in [1.29, 1.82) is 0 Å². The van der Waals surface area contributed by atoms with E-state index in [-0.39, 0.29) is 24.1 Å². The molecule has 3 rings (SSSR count). The van der Waals surface area contributed by atoms with Crippen LogP contribution in [0.1, 0.15) is 28.5 Å². The molecule has 0 saturated heterocycles. The Balaban J connectivity index is 1.63. The predicted molar refractivity (Wildman–Crippen MR) is 109 cm³/mol. The number of aliphatic hydroxyl groups is 1. The van der Waals surface area contributed by atoms with E-state index in [4.69, 9.17) is 0 Å². The molecule has 0 aliphatic carbocycles. The maximum absolute atomic E-state index is 12.3. The second kappa shape index (κ2) is 9.34. The van der Waals surface area contributed by atoms with Gasteiger partial charge in [-0.3, -0.25) is 9.59 Å². The lowest BCUT2D eigenvalue weighted by Gasteiger charge is -2.11. The number of carbonyl (C=O) groups is 2. The summed E-state index contributed by atoms with van der Waals surface area (Å²) in [5, 5.41) is 13.1. The number of aromatic nitrogens is 2. The number of Topliss-reactive ketones (excluding diaryl/α,β-unsaturated/α-hetero) is 1. The van der Waals surface area contributed by atoms with Gasteiger partial charge < -0.3 is 15.0 Å². The fourth-order valence-corrected chi connectivity index (χ4v) is 3.48. The molecule has 28 heavy (non-hydrogen) atoms. The standard InChI is InChI=1S/C21H21N3O3S/c1-15(26)17-7-9-18(10-8-17)23-20(27)14-28-21-22-11-19(13-25)24(21)12-16-5-3-2-4-6-16/h2-11,25H,12-14H2,1H3,(H,23,27). The third-order valence-electron chi connectivity index (χ3n) is 4.15. The number of nitrogens with zero attached hydrogens (tertiary/aromatic N) is 2. The summed E-state index contributed by atoms with van der Waals surface area (Å²) in [6.45, 7) is 1.96. The Kier molecular flexibility index (Phi) is 6.62. The average molecular weight is 395 g/mol. The molecule has 1 heterocycles. The molecule has 7 heteroatoms. The van der Waals surface area contributed by atoms with E-state index in [0.29, 0.717) is 28.6 Å². The van der Waals surface area contributed by atoms with E-state index in [1.807, 2.05) is 34.9 Å². The van der Waals surface area contributed by atoms with Crippen molar-refractivity contribution in [1.82, 2.24) is 9.55 Å². The van der Waals surface area contributed by atoms with Crippen LogP contribution < -0.4 is 5.32 Å². The van der Waals surface area contributed by atoms with E-state index in [9.17, 15) is 14.7 Å². The van der Waals surface area contributed by atoms with E-state index >= 15 is 0 Å². The van der Waals surface area contributed by atoms with Gasteiger partial charge in [0.1, 0.15) is 0 Å². The molecule has 0 fully saturated rings. The number of aliphatic hydroxyl groups excluding tert-OH is 1. The summed E-state index contributed by atoms with van der Waals surface area (Å²) < 4.78 is 1.91. The molecule has 0 spiro atoms. The van der Waals surface area contributed by atoms with Gasteiger partial charge in [-0.25, -0.2) is 4.98 Å². The second-order valence-corrected chi connectivity index (χ2v) is 7.17.